The number of anilines is 1. The summed E-state index contributed by atoms with van der Waals surface area (Å²) in [6.07, 6.45) is 2.99. The van der Waals surface area contributed by atoms with Gasteiger partial charge in [0.1, 0.15) is 17.0 Å². The molecule has 0 aliphatic heterocycles. The highest BCUT2D eigenvalue weighted by molar-refractivity contribution is 7.99. The van der Waals surface area contributed by atoms with Crippen molar-refractivity contribution in [3.63, 3.8) is 0 Å². The lowest BCUT2D eigenvalue weighted by molar-refractivity contribution is 0.469. The van der Waals surface area contributed by atoms with Crippen LogP contribution in [-0.4, -0.2) is 33.7 Å². The highest BCUT2D eigenvalue weighted by Crippen LogP contribution is 2.42. The first-order valence-electron chi connectivity index (χ1n) is 9.18. The maximum atomic E-state index is 13.3. The number of hydrogen-bond donors (Lipinski definition) is 3. The van der Waals surface area contributed by atoms with Crippen molar-refractivity contribution in [2.45, 2.75) is 14.9 Å². The number of hydrogen-bond acceptors (Lipinski definition) is 7. The molecule has 0 aliphatic rings. The Hall–Kier alpha value is -3.63. The first-order valence-corrected chi connectivity index (χ1v) is 11.5. The summed E-state index contributed by atoms with van der Waals surface area (Å²) in [5.41, 5.74) is 0.718. The molecule has 31 heavy (non-hydrogen) atoms. The van der Waals surface area contributed by atoms with E-state index < -0.39 is 10.0 Å². The van der Waals surface area contributed by atoms with Crippen molar-refractivity contribution in [3.8, 4) is 5.75 Å². The molecule has 0 unspecified atom stereocenters. The van der Waals surface area contributed by atoms with Crippen molar-refractivity contribution in [1.82, 2.24) is 20.2 Å². The van der Waals surface area contributed by atoms with Gasteiger partial charge in [-0.1, -0.05) is 42.5 Å². The largest absolute Gasteiger partial charge is 0.506 e. The Kier molecular flexibility index (Phi) is 4.72. The lowest BCUT2D eigenvalue weighted by atomic mass is 10.1. The Morgan fingerprint density at radius 3 is 2.58 bits per heavy atom. The fraction of sp³-hybridized carbons (Fsp3) is 0. The van der Waals surface area contributed by atoms with Gasteiger partial charge in [-0.2, -0.15) is 0 Å². The number of nitrogens with one attached hydrogen (secondary N) is 2. The number of aromatic hydroxyl groups is 1. The summed E-state index contributed by atoms with van der Waals surface area (Å²) >= 11 is 1.12. The number of aromatic nitrogens is 4. The summed E-state index contributed by atoms with van der Waals surface area (Å²) in [5.74, 6) is 0.0279. The topological polar surface area (TPSA) is 121 Å². The number of aromatic amines is 1. The Balaban J connectivity index is 1.65. The fourth-order valence-corrected chi connectivity index (χ4v) is 5.37. The van der Waals surface area contributed by atoms with Crippen LogP contribution in [0.1, 0.15) is 0 Å². The molecule has 0 bridgehead atoms. The molecule has 0 spiro atoms. The minimum Gasteiger partial charge on any atom is -0.506 e. The molecule has 154 valence electrons. The van der Waals surface area contributed by atoms with Gasteiger partial charge in [0.25, 0.3) is 10.0 Å². The van der Waals surface area contributed by atoms with Gasteiger partial charge in [-0.25, -0.2) is 13.4 Å². The third-order valence-corrected chi connectivity index (χ3v) is 7.01. The molecule has 0 fully saturated rings. The zero-order valence-electron chi connectivity index (χ0n) is 15.9. The summed E-state index contributed by atoms with van der Waals surface area (Å²) < 4.78 is 29.3. The summed E-state index contributed by atoms with van der Waals surface area (Å²) in [7, 11) is -3.96. The van der Waals surface area contributed by atoms with Crippen LogP contribution >= 0.6 is 11.8 Å². The number of H-pyrrole nitrogens is 1. The van der Waals surface area contributed by atoms with E-state index in [0.29, 0.717) is 32.0 Å². The van der Waals surface area contributed by atoms with E-state index in [4.69, 9.17) is 0 Å². The molecule has 2 aromatic heterocycles. The number of fused-ring (bicyclic) bond motifs is 2. The van der Waals surface area contributed by atoms with Crippen molar-refractivity contribution in [2.75, 3.05) is 4.72 Å². The molecule has 3 aromatic carbocycles. The number of rotatable bonds is 5. The fourth-order valence-electron chi connectivity index (χ4n) is 3.33. The van der Waals surface area contributed by atoms with Gasteiger partial charge in [0, 0.05) is 22.4 Å². The van der Waals surface area contributed by atoms with Crippen LogP contribution in [0.15, 0.2) is 88.1 Å². The Morgan fingerprint density at radius 1 is 0.968 bits per heavy atom. The van der Waals surface area contributed by atoms with E-state index in [1.807, 2.05) is 12.1 Å². The minimum absolute atomic E-state index is 0.0279. The molecule has 0 aliphatic carbocycles. The summed E-state index contributed by atoms with van der Waals surface area (Å²) in [6.45, 7) is 0. The van der Waals surface area contributed by atoms with Crippen molar-refractivity contribution in [2.24, 2.45) is 0 Å². The molecule has 5 aromatic rings. The van der Waals surface area contributed by atoms with Crippen molar-refractivity contribution in [3.05, 3.63) is 73.2 Å². The van der Waals surface area contributed by atoms with Crippen molar-refractivity contribution >= 4 is 49.1 Å². The summed E-state index contributed by atoms with van der Waals surface area (Å²) in [5, 5.41) is 19.6. The molecular weight excluding hydrogens is 434 g/mol. The molecular formula is C21H15N5O3S2. The van der Waals surface area contributed by atoms with Gasteiger partial charge in [0.15, 0.2) is 0 Å². The van der Waals surface area contributed by atoms with Crippen LogP contribution in [0.5, 0.6) is 5.75 Å². The second-order valence-electron chi connectivity index (χ2n) is 6.64. The predicted octanol–water partition coefficient (Wildman–Crippen LogP) is 4.16. The van der Waals surface area contributed by atoms with Gasteiger partial charge in [-0.3, -0.25) is 14.8 Å². The van der Waals surface area contributed by atoms with E-state index in [-0.39, 0.29) is 10.6 Å². The molecule has 0 saturated carbocycles. The molecule has 2 heterocycles. The van der Waals surface area contributed by atoms with Crippen LogP contribution in [0.25, 0.3) is 21.7 Å². The number of pyridine rings is 1. The van der Waals surface area contributed by atoms with Gasteiger partial charge in [-0.05, 0) is 30.0 Å². The molecule has 10 heteroatoms. The molecule has 3 N–H and O–H groups in total. The lowest BCUT2D eigenvalue weighted by Crippen LogP contribution is -2.14. The third-order valence-electron chi connectivity index (χ3n) is 4.70. The molecule has 8 nitrogen and oxygen atoms in total. The van der Waals surface area contributed by atoms with Gasteiger partial charge in [0.2, 0.25) is 5.16 Å². The monoisotopic (exact) mass is 449 g/mol. The van der Waals surface area contributed by atoms with Crippen LogP contribution < -0.4 is 4.72 Å². The Labute approximate surface area is 181 Å². The van der Waals surface area contributed by atoms with Crippen molar-refractivity contribution in [1.29, 1.82) is 0 Å². The van der Waals surface area contributed by atoms with Gasteiger partial charge >= 0.3 is 0 Å². The molecule has 0 amide bonds. The van der Waals surface area contributed by atoms with E-state index in [2.05, 4.69) is 24.9 Å². The quantitative estimate of drug-likeness (QED) is 0.344. The van der Waals surface area contributed by atoms with Crippen LogP contribution in [0, 0.1) is 0 Å². The number of phenolic OH excluding ortho intramolecular Hbond substituents is 1. The Morgan fingerprint density at radius 2 is 1.77 bits per heavy atom. The van der Waals surface area contributed by atoms with Gasteiger partial charge in [0.05, 0.1) is 16.1 Å². The maximum absolute atomic E-state index is 13.3. The number of para-hydroxylation sites is 1. The third kappa shape index (κ3) is 3.56. The SMILES string of the molecule is O=S(=O)(Nc1cc(Sc2nc[nH]n2)c(O)c2ccccc12)c1cccc2cccnc12. The number of sulfonamides is 1. The summed E-state index contributed by atoms with van der Waals surface area (Å²) in [6, 6.07) is 17.2. The van der Waals surface area contributed by atoms with E-state index in [1.165, 1.54) is 12.4 Å². The summed E-state index contributed by atoms with van der Waals surface area (Å²) in [4.78, 5) is 8.80. The van der Waals surface area contributed by atoms with Crippen LogP contribution in [-0.2, 0) is 10.0 Å². The van der Waals surface area contributed by atoms with Gasteiger partial charge in [-0.15, -0.1) is 5.10 Å². The second-order valence-corrected chi connectivity index (χ2v) is 9.30. The van der Waals surface area contributed by atoms with E-state index in [1.54, 1.807) is 48.7 Å². The Bertz CT molecular complexity index is 1510. The first-order chi connectivity index (χ1) is 15.0. The molecule has 0 atom stereocenters. The molecule has 5 rings (SSSR count). The lowest BCUT2D eigenvalue weighted by Gasteiger charge is -2.15. The van der Waals surface area contributed by atoms with Crippen LogP contribution in [0.3, 0.4) is 0 Å². The van der Waals surface area contributed by atoms with Crippen LogP contribution in [0.2, 0.25) is 0 Å². The highest BCUT2D eigenvalue weighted by Gasteiger charge is 2.21. The smallest absolute Gasteiger partial charge is 0.264 e. The van der Waals surface area contributed by atoms with E-state index >= 15 is 0 Å². The van der Waals surface area contributed by atoms with Crippen LogP contribution in [0.4, 0.5) is 5.69 Å². The van der Waals surface area contributed by atoms with Crippen molar-refractivity contribution < 1.29 is 13.5 Å². The maximum Gasteiger partial charge on any atom is 0.264 e. The molecule has 0 radical (unpaired) electrons. The second kappa shape index (κ2) is 7.56. The zero-order valence-corrected chi connectivity index (χ0v) is 17.5. The average Bonchev–Trinajstić information content (AvgIpc) is 3.29. The van der Waals surface area contributed by atoms with E-state index in [0.717, 1.165) is 17.1 Å². The van der Waals surface area contributed by atoms with Gasteiger partial charge < -0.3 is 5.11 Å². The minimum atomic E-state index is -3.96. The first kappa shape index (κ1) is 19.3. The normalized spacial score (nSPS) is 11.7. The number of benzene rings is 3. The number of nitrogens with zero attached hydrogens (tertiary/aromatic N) is 3. The standard InChI is InChI=1S/C21H15N5O3S2/c27-20-15-8-2-1-7-14(15)16(11-17(20)30-21-23-12-24-25-21)26-31(28,29)18-9-3-5-13-6-4-10-22-19(13)18/h1-12,26-27H,(H,23,24,25). The van der Waals surface area contributed by atoms with E-state index in [9.17, 15) is 13.5 Å². The highest BCUT2D eigenvalue weighted by atomic mass is 32.2. The average molecular weight is 450 g/mol. The number of phenols is 1. The zero-order chi connectivity index (χ0) is 21.4. The molecule has 0 saturated heterocycles. The predicted molar refractivity (Wildman–Crippen MR) is 119 cm³/mol.